The van der Waals surface area contributed by atoms with E-state index in [-0.39, 0.29) is 0 Å². The van der Waals surface area contributed by atoms with Gasteiger partial charge in [-0.05, 0) is 74.0 Å². The number of anilines is 1. The number of hydrogen-bond acceptors (Lipinski definition) is 4. The van der Waals surface area contributed by atoms with Crippen molar-refractivity contribution in [3.05, 3.63) is 52.7 Å². The van der Waals surface area contributed by atoms with Gasteiger partial charge in [-0.25, -0.2) is 4.98 Å². The third kappa shape index (κ3) is 5.09. The first-order chi connectivity index (χ1) is 13.8. The fourth-order valence-corrected chi connectivity index (χ4v) is 5.61. The lowest BCUT2D eigenvalue weighted by Gasteiger charge is -2.17. The maximum Gasteiger partial charge on any atom is 0.0962 e. The molecule has 0 unspecified atom stereocenters. The molecule has 0 atom stereocenters. The number of fused-ring (bicyclic) bond motifs is 1. The Hall–Kier alpha value is -1.52. The lowest BCUT2D eigenvalue weighted by Crippen LogP contribution is -2.16. The number of rotatable bonds is 5. The van der Waals surface area contributed by atoms with Gasteiger partial charge in [-0.2, -0.15) is 0 Å². The second-order valence-corrected chi connectivity index (χ2v) is 9.56. The SMILES string of the molecule is Cc1ccc2c(c1NCc1ccc(SC3CCCCCC3)nc1)CCNCC2. The van der Waals surface area contributed by atoms with Crippen LogP contribution in [-0.2, 0) is 19.4 Å². The first-order valence-electron chi connectivity index (χ1n) is 11.0. The minimum absolute atomic E-state index is 0.759. The van der Waals surface area contributed by atoms with Crippen molar-refractivity contribution in [3.63, 3.8) is 0 Å². The maximum atomic E-state index is 4.75. The van der Waals surface area contributed by atoms with E-state index in [1.807, 2.05) is 11.8 Å². The van der Waals surface area contributed by atoms with Gasteiger partial charge in [-0.3, -0.25) is 0 Å². The molecule has 3 nitrogen and oxygen atoms in total. The molecule has 1 aromatic heterocycles. The smallest absolute Gasteiger partial charge is 0.0962 e. The Morgan fingerprint density at radius 3 is 2.64 bits per heavy atom. The summed E-state index contributed by atoms with van der Waals surface area (Å²) in [6, 6.07) is 9.04. The molecule has 2 aliphatic rings. The van der Waals surface area contributed by atoms with Crippen LogP contribution in [0, 0.1) is 6.92 Å². The molecule has 2 N–H and O–H groups in total. The average molecular weight is 396 g/mol. The molecule has 2 heterocycles. The Labute approximate surface area is 174 Å². The van der Waals surface area contributed by atoms with Gasteiger partial charge in [0.1, 0.15) is 0 Å². The van der Waals surface area contributed by atoms with Crippen LogP contribution in [-0.4, -0.2) is 23.3 Å². The lowest BCUT2D eigenvalue weighted by molar-refractivity contribution is 0.702. The molecule has 4 heteroatoms. The summed E-state index contributed by atoms with van der Waals surface area (Å²) in [5, 5.41) is 9.18. The number of hydrogen-bond donors (Lipinski definition) is 2. The molecule has 1 aliphatic heterocycles. The monoisotopic (exact) mass is 395 g/mol. The first-order valence-corrected chi connectivity index (χ1v) is 11.8. The number of nitrogens with one attached hydrogen (secondary N) is 2. The minimum atomic E-state index is 0.759. The van der Waals surface area contributed by atoms with Crippen LogP contribution < -0.4 is 10.6 Å². The quantitative estimate of drug-likeness (QED) is 0.655. The van der Waals surface area contributed by atoms with Crippen LogP contribution in [0.1, 0.15) is 60.8 Å². The highest BCUT2D eigenvalue weighted by molar-refractivity contribution is 7.99. The molecule has 1 saturated carbocycles. The predicted octanol–water partition coefficient (Wildman–Crippen LogP) is 5.51. The highest BCUT2D eigenvalue weighted by Gasteiger charge is 2.15. The van der Waals surface area contributed by atoms with E-state index in [2.05, 4.69) is 48.0 Å². The van der Waals surface area contributed by atoms with Crippen LogP contribution >= 0.6 is 11.8 Å². The second kappa shape index (κ2) is 9.80. The number of benzene rings is 1. The Bertz CT molecular complexity index is 764. The van der Waals surface area contributed by atoms with Crippen molar-refractivity contribution < 1.29 is 0 Å². The van der Waals surface area contributed by atoms with Gasteiger partial charge in [0.15, 0.2) is 0 Å². The largest absolute Gasteiger partial charge is 0.380 e. The normalized spacial score (nSPS) is 18.2. The zero-order valence-electron chi connectivity index (χ0n) is 17.1. The van der Waals surface area contributed by atoms with Gasteiger partial charge in [0.2, 0.25) is 0 Å². The topological polar surface area (TPSA) is 37.0 Å². The first kappa shape index (κ1) is 19.8. The summed E-state index contributed by atoms with van der Waals surface area (Å²) in [5.41, 5.74) is 6.92. The van der Waals surface area contributed by atoms with E-state index in [1.165, 1.54) is 71.5 Å². The summed E-state index contributed by atoms with van der Waals surface area (Å²) in [5.74, 6) is 0. The molecule has 0 radical (unpaired) electrons. The van der Waals surface area contributed by atoms with Gasteiger partial charge < -0.3 is 10.6 Å². The molecule has 0 spiro atoms. The number of aromatic nitrogens is 1. The Morgan fingerprint density at radius 2 is 1.86 bits per heavy atom. The molecule has 2 aromatic rings. The van der Waals surface area contributed by atoms with Crippen molar-refractivity contribution in [1.29, 1.82) is 0 Å². The molecule has 0 bridgehead atoms. The maximum absolute atomic E-state index is 4.75. The molecule has 1 fully saturated rings. The molecule has 1 aromatic carbocycles. The highest BCUT2D eigenvalue weighted by Crippen LogP contribution is 2.32. The van der Waals surface area contributed by atoms with Crippen molar-refractivity contribution >= 4 is 17.4 Å². The number of thioether (sulfide) groups is 1. The third-order valence-corrected chi connectivity index (χ3v) is 7.39. The van der Waals surface area contributed by atoms with E-state index in [4.69, 9.17) is 4.98 Å². The summed E-state index contributed by atoms with van der Waals surface area (Å²) in [6.07, 6.45) is 12.6. The van der Waals surface area contributed by atoms with Crippen molar-refractivity contribution in [2.24, 2.45) is 0 Å². The van der Waals surface area contributed by atoms with Crippen LogP contribution in [0.2, 0.25) is 0 Å². The standard InChI is InChI=1S/C24H33N3S/c1-18-8-10-20-12-14-25-15-13-22(20)24(18)27-17-19-9-11-23(26-16-19)28-21-6-4-2-3-5-7-21/h8-11,16,21,25,27H,2-7,12-15,17H2,1H3. The molecule has 0 saturated heterocycles. The molecule has 1 aliphatic carbocycles. The van der Waals surface area contributed by atoms with Crippen LogP contribution in [0.25, 0.3) is 0 Å². The Balaban J connectivity index is 1.39. The molecule has 4 rings (SSSR count). The third-order valence-electron chi connectivity index (χ3n) is 6.10. The molecule has 0 amide bonds. The van der Waals surface area contributed by atoms with E-state index < -0.39 is 0 Å². The van der Waals surface area contributed by atoms with Crippen molar-refractivity contribution in [3.8, 4) is 0 Å². The van der Waals surface area contributed by atoms with Crippen LogP contribution in [0.15, 0.2) is 35.5 Å². The van der Waals surface area contributed by atoms with E-state index in [9.17, 15) is 0 Å². The average Bonchev–Trinajstić information content (AvgIpc) is 3.11. The lowest BCUT2D eigenvalue weighted by atomic mass is 9.97. The molecule has 150 valence electrons. The second-order valence-electron chi connectivity index (χ2n) is 8.23. The van der Waals surface area contributed by atoms with E-state index in [0.29, 0.717) is 0 Å². The fraction of sp³-hybridized carbons (Fsp3) is 0.542. The molecule has 28 heavy (non-hydrogen) atoms. The predicted molar refractivity (Wildman–Crippen MR) is 120 cm³/mol. The van der Waals surface area contributed by atoms with Gasteiger partial charge in [-0.15, -0.1) is 11.8 Å². The summed E-state index contributed by atoms with van der Waals surface area (Å²) < 4.78 is 0. The number of aryl methyl sites for hydroxylation is 1. The van der Waals surface area contributed by atoms with Crippen molar-refractivity contribution in [1.82, 2.24) is 10.3 Å². The zero-order chi connectivity index (χ0) is 19.2. The summed E-state index contributed by atoms with van der Waals surface area (Å²) in [7, 11) is 0. The fourth-order valence-electron chi connectivity index (χ4n) is 4.44. The van der Waals surface area contributed by atoms with Gasteiger partial charge >= 0.3 is 0 Å². The van der Waals surface area contributed by atoms with Gasteiger partial charge in [0.25, 0.3) is 0 Å². The van der Waals surface area contributed by atoms with Crippen LogP contribution in [0.4, 0.5) is 5.69 Å². The summed E-state index contributed by atoms with van der Waals surface area (Å²) in [6.45, 7) is 5.21. The van der Waals surface area contributed by atoms with Crippen LogP contribution in [0.3, 0.4) is 0 Å². The van der Waals surface area contributed by atoms with Crippen molar-refractivity contribution in [2.45, 2.75) is 75.1 Å². The molecular weight excluding hydrogens is 362 g/mol. The van der Waals surface area contributed by atoms with E-state index >= 15 is 0 Å². The number of nitrogens with zero attached hydrogens (tertiary/aromatic N) is 1. The summed E-state index contributed by atoms with van der Waals surface area (Å²) in [4.78, 5) is 4.75. The zero-order valence-corrected chi connectivity index (χ0v) is 17.9. The van der Waals surface area contributed by atoms with Crippen LogP contribution in [0.5, 0.6) is 0 Å². The van der Waals surface area contributed by atoms with Gasteiger partial charge in [-0.1, -0.05) is 43.9 Å². The number of pyridine rings is 1. The van der Waals surface area contributed by atoms with Crippen molar-refractivity contribution in [2.75, 3.05) is 18.4 Å². The van der Waals surface area contributed by atoms with E-state index in [0.717, 1.165) is 37.7 Å². The van der Waals surface area contributed by atoms with E-state index in [1.54, 1.807) is 0 Å². The Morgan fingerprint density at radius 1 is 1.04 bits per heavy atom. The Kier molecular flexibility index (Phi) is 6.92. The summed E-state index contributed by atoms with van der Waals surface area (Å²) >= 11 is 1.99. The van der Waals surface area contributed by atoms with Gasteiger partial charge in [0.05, 0.1) is 5.03 Å². The minimum Gasteiger partial charge on any atom is -0.380 e. The highest BCUT2D eigenvalue weighted by atomic mass is 32.2. The van der Waals surface area contributed by atoms with Gasteiger partial charge in [0, 0.05) is 23.7 Å². The molecular formula is C24H33N3S.